The van der Waals surface area contributed by atoms with Gasteiger partial charge in [0.25, 0.3) is 0 Å². The lowest BCUT2D eigenvalue weighted by atomic mass is 10.3. The summed E-state index contributed by atoms with van der Waals surface area (Å²) in [5.41, 5.74) is 3.85. The number of anilines is 1. The molecular weight excluding hydrogens is 539 g/mol. The van der Waals surface area contributed by atoms with E-state index in [9.17, 15) is 38.9 Å². The minimum absolute atomic E-state index is 0.275. The normalized spacial score (nSPS) is 17.7. The molecular formula is C12H10F10INS2. The summed E-state index contributed by atoms with van der Waals surface area (Å²) >= 11 is 1.24. The lowest BCUT2D eigenvalue weighted by Gasteiger charge is -2.41. The van der Waals surface area contributed by atoms with Crippen LogP contribution >= 0.6 is 43.0 Å². The Labute approximate surface area is 155 Å². The van der Waals surface area contributed by atoms with Crippen LogP contribution in [0, 0.1) is 3.57 Å². The highest BCUT2D eigenvalue weighted by molar-refractivity contribution is 14.1. The Hall–Kier alpha value is -1.03. The summed E-state index contributed by atoms with van der Waals surface area (Å²) in [5, 5.41) is 0. The number of hydrogen-bond acceptors (Lipinski definition) is 1. The van der Waals surface area contributed by atoms with Gasteiger partial charge in [0.15, 0.2) is 0 Å². The van der Waals surface area contributed by atoms with Gasteiger partial charge in [-0.15, -0.1) is 0 Å². The molecule has 0 spiro atoms. The van der Waals surface area contributed by atoms with E-state index in [1.165, 1.54) is 28.7 Å². The van der Waals surface area contributed by atoms with E-state index < -0.39 is 39.5 Å². The van der Waals surface area contributed by atoms with Crippen LogP contribution in [0.2, 0.25) is 0 Å². The molecule has 2 aromatic carbocycles. The highest BCUT2D eigenvalue weighted by atomic mass is 127. The molecule has 1 nitrogen and oxygen atoms in total. The number of rotatable bonds is 2. The molecule has 0 aromatic heterocycles. The first-order chi connectivity index (χ1) is 11.0. The Bertz CT molecular complexity index is 760. The van der Waals surface area contributed by atoms with Crippen molar-refractivity contribution in [2.24, 2.45) is 0 Å². The molecule has 0 radical (unpaired) electrons. The maximum absolute atomic E-state index is 12.2. The SMILES string of the molecule is FS(F)(F)(F)(F)c1ccccc1I.Nc1ccccc1S(F)(F)(F)(F)F. The maximum Gasteiger partial charge on any atom is 0.312 e. The molecule has 2 rings (SSSR count). The van der Waals surface area contributed by atoms with E-state index in [-0.39, 0.29) is 6.07 Å². The van der Waals surface area contributed by atoms with E-state index in [0.29, 0.717) is 6.07 Å². The van der Waals surface area contributed by atoms with Gasteiger partial charge in [-0.05, 0) is 46.9 Å². The first-order valence-electron chi connectivity index (χ1n) is 6.08. The molecule has 0 unspecified atom stereocenters. The smallest absolute Gasteiger partial charge is 0.312 e. The van der Waals surface area contributed by atoms with Crippen molar-refractivity contribution in [2.45, 2.75) is 9.79 Å². The first kappa shape index (κ1) is 23.0. The van der Waals surface area contributed by atoms with Crippen LogP contribution in [-0.2, 0) is 0 Å². The van der Waals surface area contributed by atoms with Gasteiger partial charge in [-0.2, -0.15) is 0 Å². The van der Waals surface area contributed by atoms with Crippen LogP contribution in [0.25, 0.3) is 0 Å². The number of halogens is 11. The van der Waals surface area contributed by atoms with Crippen LogP contribution in [0.5, 0.6) is 0 Å². The van der Waals surface area contributed by atoms with Crippen LogP contribution in [0.3, 0.4) is 0 Å². The average molecular weight is 549 g/mol. The zero-order valence-electron chi connectivity index (χ0n) is 12.2. The van der Waals surface area contributed by atoms with Crippen LogP contribution in [0.15, 0.2) is 58.3 Å². The van der Waals surface area contributed by atoms with Gasteiger partial charge in [0.2, 0.25) is 0 Å². The molecule has 0 aliphatic carbocycles. The summed E-state index contributed by atoms with van der Waals surface area (Å²) in [6.07, 6.45) is 0. The van der Waals surface area contributed by atoms with Crippen LogP contribution in [-0.4, -0.2) is 0 Å². The Kier molecular flexibility index (Phi) is 4.67. The Balaban J connectivity index is 0.000000260. The first-order valence-corrected chi connectivity index (χ1v) is 11.1. The van der Waals surface area contributed by atoms with Crippen molar-refractivity contribution in [1.29, 1.82) is 0 Å². The Morgan fingerprint density at radius 2 is 0.923 bits per heavy atom. The second-order valence-corrected chi connectivity index (χ2v) is 10.8. The number of para-hydroxylation sites is 1. The summed E-state index contributed by atoms with van der Waals surface area (Å²) in [4.78, 5) is -3.84. The van der Waals surface area contributed by atoms with Crippen molar-refractivity contribution < 1.29 is 38.9 Å². The molecule has 26 heavy (non-hydrogen) atoms. The van der Waals surface area contributed by atoms with Crippen molar-refractivity contribution >= 4 is 48.7 Å². The van der Waals surface area contributed by atoms with Crippen LogP contribution < -0.4 is 5.73 Å². The highest BCUT2D eigenvalue weighted by Gasteiger charge is 2.67. The molecule has 0 saturated heterocycles. The van der Waals surface area contributed by atoms with Crippen molar-refractivity contribution in [2.75, 3.05) is 5.73 Å². The fourth-order valence-electron chi connectivity index (χ4n) is 1.59. The Morgan fingerprint density at radius 3 is 1.19 bits per heavy atom. The minimum Gasteiger partial charge on any atom is -0.398 e. The zero-order valence-corrected chi connectivity index (χ0v) is 16.0. The lowest BCUT2D eigenvalue weighted by Crippen LogP contribution is -2.08. The third kappa shape index (κ3) is 6.61. The van der Waals surface area contributed by atoms with Gasteiger partial charge < -0.3 is 5.73 Å². The zero-order chi connectivity index (χ0) is 20.8. The van der Waals surface area contributed by atoms with Gasteiger partial charge >= 0.3 is 20.4 Å². The van der Waals surface area contributed by atoms with Gasteiger partial charge in [0.05, 0.1) is 5.69 Å². The largest absolute Gasteiger partial charge is 0.398 e. The van der Waals surface area contributed by atoms with Crippen molar-refractivity contribution in [3.05, 3.63) is 52.1 Å². The minimum atomic E-state index is -9.60. The highest BCUT2D eigenvalue weighted by Crippen LogP contribution is 3.03. The fraction of sp³-hybridized carbons (Fsp3) is 0. The lowest BCUT2D eigenvalue weighted by molar-refractivity contribution is 0.360. The molecule has 0 amide bonds. The number of nitrogens with two attached hydrogens (primary N) is 1. The molecule has 14 heteroatoms. The fourth-order valence-corrected chi connectivity index (χ4v) is 4.85. The monoisotopic (exact) mass is 549 g/mol. The van der Waals surface area contributed by atoms with Crippen molar-refractivity contribution in [1.82, 2.24) is 0 Å². The maximum atomic E-state index is 12.2. The molecule has 2 N–H and O–H groups in total. The number of benzene rings is 2. The summed E-state index contributed by atoms with van der Waals surface area (Å²) in [5.74, 6) is 0. The topological polar surface area (TPSA) is 26.0 Å². The molecule has 2 aromatic rings. The van der Waals surface area contributed by atoms with E-state index in [0.717, 1.165) is 30.3 Å². The quantitative estimate of drug-likeness (QED) is 0.226. The van der Waals surface area contributed by atoms with E-state index >= 15 is 0 Å². The van der Waals surface area contributed by atoms with E-state index in [1.54, 1.807) is 0 Å². The molecule has 0 saturated carbocycles. The van der Waals surface area contributed by atoms with E-state index in [1.807, 2.05) is 0 Å². The predicted octanol–water partition coefficient (Wildman–Crippen LogP) is 8.87. The second-order valence-electron chi connectivity index (χ2n) is 4.91. The van der Waals surface area contributed by atoms with Crippen LogP contribution in [0.4, 0.5) is 44.5 Å². The molecule has 0 fully saturated rings. The summed E-state index contributed by atoms with van der Waals surface area (Å²) in [6, 6.07) is 6.68. The third-order valence-corrected chi connectivity index (χ3v) is 6.28. The van der Waals surface area contributed by atoms with Crippen LogP contribution in [0.1, 0.15) is 0 Å². The molecule has 0 bridgehead atoms. The molecule has 0 atom stereocenters. The van der Waals surface area contributed by atoms with Gasteiger partial charge in [0, 0.05) is 3.57 Å². The summed E-state index contributed by atoms with van der Waals surface area (Å²) in [7, 11) is -19.1. The van der Waals surface area contributed by atoms with Gasteiger partial charge in [-0.1, -0.05) is 63.1 Å². The Morgan fingerprint density at radius 1 is 0.577 bits per heavy atom. The number of nitrogen functional groups attached to an aromatic ring is 1. The average Bonchev–Trinajstić information content (AvgIpc) is 2.34. The molecule has 0 heterocycles. The molecule has 0 aliphatic rings. The standard InChI is InChI=1S/C6H4F5IS.C6H6F5NS/c2*7-13(8,9,10,11)6-4-2-1-3-5(6)12/h1-4H;1-4H,12H2. The number of hydrogen-bond donors (Lipinski definition) is 1. The molecule has 152 valence electrons. The second kappa shape index (κ2) is 5.27. The summed E-state index contributed by atoms with van der Waals surface area (Å²) < 4.78 is 121. The van der Waals surface area contributed by atoms with E-state index in [4.69, 9.17) is 5.73 Å². The van der Waals surface area contributed by atoms with Crippen molar-refractivity contribution in [3.63, 3.8) is 0 Å². The predicted molar refractivity (Wildman–Crippen MR) is 92.8 cm³/mol. The van der Waals surface area contributed by atoms with Crippen molar-refractivity contribution in [3.8, 4) is 0 Å². The molecule has 0 aliphatic heterocycles. The summed E-state index contributed by atoms with van der Waals surface area (Å²) in [6.45, 7) is 0. The van der Waals surface area contributed by atoms with Gasteiger partial charge in [-0.3, -0.25) is 0 Å². The van der Waals surface area contributed by atoms with E-state index in [2.05, 4.69) is 0 Å². The third-order valence-electron chi connectivity index (χ3n) is 2.59. The van der Waals surface area contributed by atoms with Gasteiger partial charge in [-0.25, -0.2) is 0 Å². The van der Waals surface area contributed by atoms with Gasteiger partial charge in [0.1, 0.15) is 9.79 Å².